The number of carbonyl (C=O) groups is 1. The van der Waals surface area contributed by atoms with Gasteiger partial charge in [0, 0.05) is 12.2 Å². The highest BCUT2D eigenvalue weighted by Gasteiger charge is 2.05. The summed E-state index contributed by atoms with van der Waals surface area (Å²) in [6.45, 7) is 3.53. The van der Waals surface area contributed by atoms with Crippen molar-refractivity contribution in [1.29, 1.82) is 0 Å². The van der Waals surface area contributed by atoms with Gasteiger partial charge >= 0.3 is 0 Å². The normalized spacial score (nSPS) is 13.1. The molecule has 0 saturated carbocycles. The van der Waals surface area contributed by atoms with Gasteiger partial charge in [-0.25, -0.2) is 0 Å². The van der Waals surface area contributed by atoms with Gasteiger partial charge in [-0.05, 0) is 12.7 Å². The van der Waals surface area contributed by atoms with Crippen molar-refractivity contribution in [3.63, 3.8) is 0 Å². The maximum absolute atomic E-state index is 10.4. The minimum atomic E-state index is -0.442. The van der Waals surface area contributed by atoms with Crippen LogP contribution in [0.5, 0.6) is 0 Å². The number of hydrogen-bond acceptors (Lipinski definition) is 3. The molecular formula is C7H14O2S. The Morgan fingerprint density at radius 1 is 1.70 bits per heavy atom. The third-order valence-corrected chi connectivity index (χ3v) is 2.07. The molecule has 0 spiro atoms. The monoisotopic (exact) mass is 162 g/mol. The molecular weight excluding hydrogens is 148 g/mol. The van der Waals surface area contributed by atoms with Gasteiger partial charge in [0.1, 0.15) is 5.78 Å². The molecule has 3 heteroatoms. The summed E-state index contributed by atoms with van der Waals surface area (Å²) in [7, 11) is 0. The lowest BCUT2D eigenvalue weighted by molar-refractivity contribution is -0.118. The highest BCUT2D eigenvalue weighted by atomic mass is 32.2. The van der Waals surface area contributed by atoms with E-state index in [2.05, 4.69) is 0 Å². The van der Waals surface area contributed by atoms with Crippen LogP contribution < -0.4 is 0 Å². The van der Waals surface area contributed by atoms with Crippen molar-refractivity contribution in [2.24, 2.45) is 0 Å². The molecule has 10 heavy (non-hydrogen) atoms. The van der Waals surface area contributed by atoms with E-state index in [0.29, 0.717) is 12.2 Å². The quantitative estimate of drug-likeness (QED) is 0.657. The number of ketones is 1. The summed E-state index contributed by atoms with van der Waals surface area (Å²) >= 11 is 1.66. The van der Waals surface area contributed by atoms with E-state index in [4.69, 9.17) is 5.11 Å². The molecule has 0 heterocycles. The van der Waals surface area contributed by atoms with E-state index in [0.717, 1.165) is 5.75 Å². The van der Waals surface area contributed by atoms with Crippen LogP contribution in [0.4, 0.5) is 0 Å². The minimum absolute atomic E-state index is 0.0594. The molecule has 60 valence electrons. The third-order valence-electron chi connectivity index (χ3n) is 1.04. The van der Waals surface area contributed by atoms with Crippen LogP contribution in [-0.2, 0) is 4.79 Å². The molecule has 0 saturated heterocycles. The van der Waals surface area contributed by atoms with Crippen LogP contribution in [-0.4, -0.2) is 28.5 Å². The molecule has 0 aromatic carbocycles. The number of aliphatic hydroxyl groups excluding tert-OH is 1. The Hall–Kier alpha value is -0.0200. The van der Waals surface area contributed by atoms with Crippen molar-refractivity contribution in [3.8, 4) is 0 Å². The SMILES string of the molecule is CCSCC(O)CC(C)=O. The average Bonchev–Trinajstić information content (AvgIpc) is 1.82. The highest BCUT2D eigenvalue weighted by Crippen LogP contribution is 2.04. The van der Waals surface area contributed by atoms with E-state index in [1.807, 2.05) is 6.92 Å². The van der Waals surface area contributed by atoms with Crippen molar-refractivity contribution < 1.29 is 9.90 Å². The molecule has 1 unspecified atom stereocenters. The summed E-state index contributed by atoms with van der Waals surface area (Å²) in [5.41, 5.74) is 0. The molecule has 0 aliphatic carbocycles. The lowest BCUT2D eigenvalue weighted by Gasteiger charge is -2.05. The fourth-order valence-electron chi connectivity index (χ4n) is 0.645. The van der Waals surface area contributed by atoms with Gasteiger partial charge in [0.05, 0.1) is 6.10 Å². The van der Waals surface area contributed by atoms with E-state index in [1.54, 1.807) is 11.8 Å². The van der Waals surface area contributed by atoms with Gasteiger partial charge in [-0.3, -0.25) is 4.79 Å². The summed E-state index contributed by atoms with van der Waals surface area (Å²) in [6.07, 6.45) is -0.144. The second kappa shape index (κ2) is 5.74. The van der Waals surface area contributed by atoms with Crippen molar-refractivity contribution in [2.45, 2.75) is 26.4 Å². The lowest BCUT2D eigenvalue weighted by atomic mass is 10.2. The Balaban J connectivity index is 3.25. The molecule has 0 aromatic heterocycles. The van der Waals surface area contributed by atoms with Crippen LogP contribution in [0.2, 0.25) is 0 Å². The molecule has 0 fully saturated rings. The van der Waals surface area contributed by atoms with Crippen molar-refractivity contribution in [2.75, 3.05) is 11.5 Å². The Bertz CT molecular complexity index is 104. The van der Waals surface area contributed by atoms with Crippen molar-refractivity contribution in [1.82, 2.24) is 0 Å². The highest BCUT2D eigenvalue weighted by molar-refractivity contribution is 7.99. The van der Waals surface area contributed by atoms with Gasteiger partial charge in [-0.15, -0.1) is 0 Å². The first-order chi connectivity index (χ1) is 4.66. The number of carbonyl (C=O) groups excluding carboxylic acids is 1. The average molecular weight is 162 g/mol. The molecule has 1 atom stereocenters. The Morgan fingerprint density at radius 3 is 2.70 bits per heavy atom. The van der Waals surface area contributed by atoms with Crippen LogP contribution in [0.3, 0.4) is 0 Å². The van der Waals surface area contributed by atoms with Crippen LogP contribution in [0.1, 0.15) is 20.3 Å². The number of thioether (sulfide) groups is 1. The first-order valence-corrected chi connectivity index (χ1v) is 4.57. The molecule has 0 aromatic rings. The number of Topliss-reactive ketones (excluding diaryl/α,β-unsaturated/α-hetero) is 1. The zero-order chi connectivity index (χ0) is 7.98. The molecule has 0 aliphatic heterocycles. The maximum atomic E-state index is 10.4. The summed E-state index contributed by atoms with van der Waals surface area (Å²) in [4.78, 5) is 10.4. The van der Waals surface area contributed by atoms with Crippen molar-refractivity contribution >= 4 is 17.5 Å². The molecule has 0 bridgehead atoms. The van der Waals surface area contributed by atoms with E-state index in [-0.39, 0.29) is 5.78 Å². The third kappa shape index (κ3) is 6.11. The second-order valence-corrected chi connectivity index (χ2v) is 3.54. The fraction of sp³-hybridized carbons (Fsp3) is 0.857. The summed E-state index contributed by atoms with van der Waals surface area (Å²) in [5.74, 6) is 1.73. The van der Waals surface area contributed by atoms with Crippen molar-refractivity contribution in [3.05, 3.63) is 0 Å². The summed E-state index contributed by atoms with van der Waals surface area (Å²) in [6, 6.07) is 0. The Kier molecular flexibility index (Phi) is 5.73. The molecule has 0 amide bonds. The van der Waals surface area contributed by atoms with Gasteiger partial charge in [0.25, 0.3) is 0 Å². The number of aliphatic hydroxyl groups is 1. The van der Waals surface area contributed by atoms with Gasteiger partial charge in [-0.1, -0.05) is 6.92 Å². The number of hydrogen-bond donors (Lipinski definition) is 1. The van der Waals surface area contributed by atoms with Crippen LogP contribution >= 0.6 is 11.8 Å². The minimum Gasteiger partial charge on any atom is -0.392 e. The standard InChI is InChI=1S/C7H14O2S/c1-3-10-5-7(9)4-6(2)8/h7,9H,3-5H2,1-2H3. The van der Waals surface area contributed by atoms with Gasteiger partial charge < -0.3 is 5.11 Å². The lowest BCUT2D eigenvalue weighted by Crippen LogP contribution is -2.13. The van der Waals surface area contributed by atoms with Gasteiger partial charge in [-0.2, -0.15) is 11.8 Å². The predicted molar refractivity (Wildman–Crippen MR) is 44.3 cm³/mol. The fourth-order valence-corrected chi connectivity index (χ4v) is 1.27. The molecule has 1 N–H and O–H groups in total. The topological polar surface area (TPSA) is 37.3 Å². The van der Waals surface area contributed by atoms with Crippen LogP contribution in [0, 0.1) is 0 Å². The first-order valence-electron chi connectivity index (χ1n) is 3.42. The van der Waals surface area contributed by atoms with E-state index in [9.17, 15) is 4.79 Å². The largest absolute Gasteiger partial charge is 0.392 e. The molecule has 2 nitrogen and oxygen atoms in total. The number of rotatable bonds is 5. The first kappa shape index (κ1) is 9.98. The van der Waals surface area contributed by atoms with E-state index < -0.39 is 6.10 Å². The van der Waals surface area contributed by atoms with E-state index >= 15 is 0 Å². The van der Waals surface area contributed by atoms with Crippen LogP contribution in [0.15, 0.2) is 0 Å². The Morgan fingerprint density at radius 2 is 2.30 bits per heavy atom. The zero-order valence-corrected chi connectivity index (χ0v) is 7.28. The zero-order valence-electron chi connectivity index (χ0n) is 6.46. The van der Waals surface area contributed by atoms with Gasteiger partial charge in [0.15, 0.2) is 0 Å². The Labute approximate surface area is 66.0 Å². The molecule has 0 radical (unpaired) electrons. The second-order valence-electron chi connectivity index (χ2n) is 2.22. The predicted octanol–water partition coefficient (Wildman–Crippen LogP) is 1.08. The smallest absolute Gasteiger partial charge is 0.132 e. The van der Waals surface area contributed by atoms with Gasteiger partial charge in [0.2, 0.25) is 0 Å². The maximum Gasteiger partial charge on any atom is 0.132 e. The summed E-state index contributed by atoms with van der Waals surface area (Å²) in [5, 5.41) is 9.11. The summed E-state index contributed by atoms with van der Waals surface area (Å²) < 4.78 is 0. The van der Waals surface area contributed by atoms with Crippen LogP contribution in [0.25, 0.3) is 0 Å². The van der Waals surface area contributed by atoms with E-state index in [1.165, 1.54) is 6.92 Å². The molecule has 0 aliphatic rings. The molecule has 0 rings (SSSR count).